The smallest absolute Gasteiger partial charge is 0.222 e. The molecule has 4 heteroatoms. The highest BCUT2D eigenvalue weighted by Crippen LogP contribution is 2.27. The molecular formula is C19H34N2O2. The fourth-order valence-corrected chi connectivity index (χ4v) is 3.87. The Hall–Kier alpha value is -1.06. The van der Waals surface area contributed by atoms with Crippen LogP contribution < -0.4 is 5.32 Å². The fraction of sp³-hybridized carbons (Fsp3) is 0.895. The van der Waals surface area contributed by atoms with Crippen molar-refractivity contribution in [1.29, 1.82) is 0 Å². The maximum absolute atomic E-state index is 12.3. The molecule has 2 rings (SSSR count). The van der Waals surface area contributed by atoms with Gasteiger partial charge in [0.05, 0.1) is 0 Å². The van der Waals surface area contributed by atoms with Crippen LogP contribution in [-0.4, -0.2) is 35.8 Å². The predicted octanol–water partition coefficient (Wildman–Crippen LogP) is 3.64. The Balaban J connectivity index is 1.61. The molecule has 1 aliphatic heterocycles. The van der Waals surface area contributed by atoms with Crippen LogP contribution in [0.3, 0.4) is 0 Å². The van der Waals surface area contributed by atoms with Crippen LogP contribution in [0, 0.1) is 5.92 Å². The fourth-order valence-electron chi connectivity index (χ4n) is 3.87. The van der Waals surface area contributed by atoms with E-state index in [9.17, 15) is 9.59 Å². The molecule has 2 amide bonds. The highest BCUT2D eigenvalue weighted by molar-refractivity contribution is 5.77. The molecule has 0 aromatic rings. The van der Waals surface area contributed by atoms with E-state index in [1.54, 1.807) is 0 Å². The van der Waals surface area contributed by atoms with Crippen molar-refractivity contribution in [2.75, 3.05) is 13.1 Å². The van der Waals surface area contributed by atoms with Crippen molar-refractivity contribution >= 4 is 11.8 Å². The summed E-state index contributed by atoms with van der Waals surface area (Å²) in [6.07, 6.45) is 13.0. The number of likely N-dealkylation sites (tertiary alicyclic amines) is 1. The quantitative estimate of drug-likeness (QED) is 0.778. The Morgan fingerprint density at radius 1 is 1.00 bits per heavy atom. The molecule has 1 saturated carbocycles. The second-order valence-corrected chi connectivity index (χ2v) is 7.37. The average Bonchev–Trinajstić information content (AvgIpc) is 2.59. The SMILES string of the molecule is CCCCC(=O)NC1CCN(C(=O)CCC2CCCCC2)CC1. The number of nitrogens with one attached hydrogen (secondary N) is 1. The minimum Gasteiger partial charge on any atom is -0.353 e. The number of carbonyl (C=O) groups is 2. The van der Waals surface area contributed by atoms with Crippen LogP contribution in [0.25, 0.3) is 0 Å². The average molecular weight is 322 g/mol. The monoisotopic (exact) mass is 322 g/mol. The number of hydrogen-bond donors (Lipinski definition) is 1. The lowest BCUT2D eigenvalue weighted by molar-refractivity contribution is -0.132. The molecule has 2 aliphatic rings. The van der Waals surface area contributed by atoms with Crippen LogP contribution in [-0.2, 0) is 9.59 Å². The molecule has 0 aromatic carbocycles. The highest BCUT2D eigenvalue weighted by Gasteiger charge is 2.24. The molecule has 4 nitrogen and oxygen atoms in total. The van der Waals surface area contributed by atoms with E-state index in [2.05, 4.69) is 12.2 Å². The van der Waals surface area contributed by atoms with E-state index in [1.807, 2.05) is 4.90 Å². The van der Waals surface area contributed by atoms with Gasteiger partial charge in [0.1, 0.15) is 0 Å². The summed E-state index contributed by atoms with van der Waals surface area (Å²) >= 11 is 0. The van der Waals surface area contributed by atoms with Crippen LogP contribution in [0.5, 0.6) is 0 Å². The van der Waals surface area contributed by atoms with Crippen molar-refractivity contribution in [1.82, 2.24) is 10.2 Å². The van der Waals surface area contributed by atoms with Crippen molar-refractivity contribution in [2.24, 2.45) is 5.92 Å². The minimum atomic E-state index is 0.175. The van der Waals surface area contributed by atoms with Gasteiger partial charge in [0, 0.05) is 32.0 Å². The maximum Gasteiger partial charge on any atom is 0.222 e. The number of amides is 2. The lowest BCUT2D eigenvalue weighted by Crippen LogP contribution is -2.46. The van der Waals surface area contributed by atoms with Gasteiger partial charge in [-0.15, -0.1) is 0 Å². The molecule has 0 atom stereocenters. The van der Waals surface area contributed by atoms with Crippen molar-refractivity contribution in [3.8, 4) is 0 Å². The van der Waals surface area contributed by atoms with Gasteiger partial charge in [-0.1, -0.05) is 45.4 Å². The number of rotatable bonds is 7. The molecule has 1 saturated heterocycles. The third-order valence-corrected chi connectivity index (χ3v) is 5.46. The Kier molecular flexibility index (Phi) is 7.90. The summed E-state index contributed by atoms with van der Waals surface area (Å²) in [5.41, 5.74) is 0. The van der Waals surface area contributed by atoms with Crippen LogP contribution >= 0.6 is 0 Å². The Morgan fingerprint density at radius 2 is 1.70 bits per heavy atom. The van der Waals surface area contributed by atoms with Gasteiger partial charge in [0.25, 0.3) is 0 Å². The van der Waals surface area contributed by atoms with E-state index >= 15 is 0 Å². The van der Waals surface area contributed by atoms with Gasteiger partial charge in [-0.3, -0.25) is 9.59 Å². The molecule has 23 heavy (non-hydrogen) atoms. The minimum absolute atomic E-state index is 0.175. The van der Waals surface area contributed by atoms with E-state index < -0.39 is 0 Å². The van der Waals surface area contributed by atoms with Crippen molar-refractivity contribution < 1.29 is 9.59 Å². The van der Waals surface area contributed by atoms with E-state index in [0.29, 0.717) is 12.3 Å². The predicted molar refractivity (Wildman–Crippen MR) is 93.1 cm³/mol. The van der Waals surface area contributed by atoms with Gasteiger partial charge < -0.3 is 10.2 Å². The number of hydrogen-bond acceptors (Lipinski definition) is 2. The second kappa shape index (κ2) is 9.94. The summed E-state index contributed by atoms with van der Waals surface area (Å²) in [6.45, 7) is 3.72. The summed E-state index contributed by atoms with van der Waals surface area (Å²) in [7, 11) is 0. The van der Waals surface area contributed by atoms with Crippen LogP contribution in [0.15, 0.2) is 0 Å². The number of nitrogens with zero attached hydrogens (tertiary/aromatic N) is 1. The summed E-state index contributed by atoms with van der Waals surface area (Å²) in [6, 6.07) is 0.266. The van der Waals surface area contributed by atoms with Crippen molar-refractivity contribution in [3.63, 3.8) is 0 Å². The molecule has 0 aromatic heterocycles. The zero-order chi connectivity index (χ0) is 16.5. The molecule has 0 unspecified atom stereocenters. The van der Waals surface area contributed by atoms with Crippen molar-refractivity contribution in [2.45, 2.75) is 90.0 Å². The Labute approximate surface area is 141 Å². The van der Waals surface area contributed by atoms with E-state index in [1.165, 1.54) is 32.1 Å². The summed E-state index contributed by atoms with van der Waals surface area (Å²) in [4.78, 5) is 26.1. The first kappa shape index (κ1) is 18.3. The van der Waals surface area contributed by atoms with Gasteiger partial charge in [0.2, 0.25) is 11.8 Å². The van der Waals surface area contributed by atoms with Crippen LogP contribution in [0.2, 0.25) is 0 Å². The first-order valence-corrected chi connectivity index (χ1v) is 9.76. The zero-order valence-electron chi connectivity index (χ0n) is 14.8. The molecule has 1 N–H and O–H groups in total. The van der Waals surface area contributed by atoms with E-state index in [0.717, 1.165) is 57.5 Å². The molecular weight excluding hydrogens is 288 g/mol. The largest absolute Gasteiger partial charge is 0.353 e. The van der Waals surface area contributed by atoms with Crippen LogP contribution in [0.4, 0.5) is 0 Å². The zero-order valence-corrected chi connectivity index (χ0v) is 14.8. The number of unbranched alkanes of at least 4 members (excludes halogenated alkanes) is 1. The van der Waals surface area contributed by atoms with Gasteiger partial charge in [0.15, 0.2) is 0 Å². The highest BCUT2D eigenvalue weighted by atomic mass is 16.2. The molecule has 132 valence electrons. The van der Waals surface area contributed by atoms with Gasteiger partial charge >= 0.3 is 0 Å². The second-order valence-electron chi connectivity index (χ2n) is 7.37. The summed E-state index contributed by atoms with van der Waals surface area (Å²) in [5.74, 6) is 1.28. The standard InChI is InChI=1S/C19H34N2O2/c1-2-3-9-18(22)20-17-12-14-21(15-13-17)19(23)11-10-16-7-5-4-6-8-16/h16-17H,2-15H2,1H3,(H,20,22). The van der Waals surface area contributed by atoms with Gasteiger partial charge in [-0.2, -0.15) is 0 Å². The molecule has 1 aliphatic carbocycles. The number of carbonyl (C=O) groups excluding carboxylic acids is 2. The Morgan fingerprint density at radius 3 is 2.35 bits per heavy atom. The maximum atomic E-state index is 12.3. The summed E-state index contributed by atoms with van der Waals surface area (Å²) < 4.78 is 0. The first-order valence-electron chi connectivity index (χ1n) is 9.76. The molecule has 1 heterocycles. The third kappa shape index (κ3) is 6.52. The van der Waals surface area contributed by atoms with Crippen LogP contribution in [0.1, 0.15) is 84.0 Å². The molecule has 0 bridgehead atoms. The normalized spacial score (nSPS) is 20.5. The van der Waals surface area contributed by atoms with Gasteiger partial charge in [-0.05, 0) is 31.6 Å². The third-order valence-electron chi connectivity index (χ3n) is 5.46. The topological polar surface area (TPSA) is 49.4 Å². The van der Waals surface area contributed by atoms with E-state index in [-0.39, 0.29) is 11.9 Å². The number of piperidine rings is 1. The lowest BCUT2D eigenvalue weighted by atomic mass is 9.86. The lowest BCUT2D eigenvalue weighted by Gasteiger charge is -2.33. The molecule has 0 radical (unpaired) electrons. The molecule has 0 spiro atoms. The summed E-state index contributed by atoms with van der Waals surface area (Å²) in [5, 5.41) is 3.12. The van der Waals surface area contributed by atoms with Crippen molar-refractivity contribution in [3.05, 3.63) is 0 Å². The Bertz CT molecular complexity index is 370. The first-order chi connectivity index (χ1) is 11.2. The molecule has 2 fully saturated rings. The van der Waals surface area contributed by atoms with Gasteiger partial charge in [-0.25, -0.2) is 0 Å². The van der Waals surface area contributed by atoms with E-state index in [4.69, 9.17) is 0 Å².